The smallest absolute Gasteiger partial charge is 0.252 e. The third kappa shape index (κ3) is 7.67. The predicted octanol–water partition coefficient (Wildman–Crippen LogP) is 7.63. The molecule has 4 N–H and O–H groups in total. The number of aromatic nitrogens is 2. The van der Waals surface area contributed by atoms with Crippen molar-refractivity contribution in [3.63, 3.8) is 0 Å². The minimum Gasteiger partial charge on any atom is -0.360 e. The summed E-state index contributed by atoms with van der Waals surface area (Å²) in [5.41, 5.74) is 8.22. The van der Waals surface area contributed by atoms with E-state index in [2.05, 4.69) is 66.9 Å². The predicted molar refractivity (Wildman–Crippen MR) is 192 cm³/mol. The summed E-state index contributed by atoms with van der Waals surface area (Å²) in [6.45, 7) is 2.58. The number of nitrogens with one attached hydrogen (secondary N) is 4. The number of nitrogens with zero attached hydrogens (tertiary/aromatic N) is 1. The largest absolute Gasteiger partial charge is 0.360 e. The number of H-pyrrole nitrogens is 1. The van der Waals surface area contributed by atoms with Gasteiger partial charge in [0.1, 0.15) is 0 Å². The van der Waals surface area contributed by atoms with Crippen molar-refractivity contribution in [2.24, 2.45) is 0 Å². The van der Waals surface area contributed by atoms with Gasteiger partial charge in [-0.2, -0.15) is 0 Å². The Kier molecular flexibility index (Phi) is 10.1. The number of carbonyl (C=O) groups excluding carboxylic acids is 1. The van der Waals surface area contributed by atoms with Crippen LogP contribution in [-0.2, 0) is 19.5 Å². The van der Waals surface area contributed by atoms with Crippen LogP contribution in [0.5, 0.6) is 0 Å². The Balaban J connectivity index is 1.25. The van der Waals surface area contributed by atoms with E-state index in [0.29, 0.717) is 18.7 Å². The number of amides is 1. The molecule has 46 heavy (non-hydrogen) atoms. The van der Waals surface area contributed by atoms with Gasteiger partial charge in [-0.25, -0.2) is 4.98 Å². The number of hydrogen-bond donors (Lipinski definition) is 4. The van der Waals surface area contributed by atoms with E-state index in [-0.39, 0.29) is 5.91 Å². The first kappa shape index (κ1) is 31.5. The molecule has 6 rings (SSSR count). The number of pyridine rings is 1. The minimum atomic E-state index is -0.164. The van der Waals surface area contributed by atoms with E-state index in [1.807, 2.05) is 86.0 Å². The molecule has 0 bridgehead atoms. The van der Waals surface area contributed by atoms with Crippen LogP contribution in [0, 0.1) is 11.8 Å². The number of benzene rings is 4. The van der Waals surface area contributed by atoms with Crippen LogP contribution in [0.4, 0.5) is 0 Å². The van der Waals surface area contributed by atoms with Crippen LogP contribution in [0.15, 0.2) is 102 Å². The third-order valence-corrected chi connectivity index (χ3v) is 8.53. The molecule has 0 aliphatic heterocycles. The van der Waals surface area contributed by atoms with E-state index < -0.39 is 0 Å². The van der Waals surface area contributed by atoms with Gasteiger partial charge in [0.25, 0.3) is 5.91 Å². The zero-order valence-corrected chi connectivity index (χ0v) is 27.7. The zero-order valence-electron chi connectivity index (χ0n) is 25.4. The highest BCUT2D eigenvalue weighted by atomic mass is 79.9. The van der Waals surface area contributed by atoms with Gasteiger partial charge in [-0.05, 0) is 84.8 Å². The topological polar surface area (TPSA) is 81.8 Å². The first-order valence-electron chi connectivity index (χ1n) is 15.1. The van der Waals surface area contributed by atoms with Crippen molar-refractivity contribution in [2.75, 3.05) is 20.1 Å². The third-order valence-electron chi connectivity index (χ3n) is 7.78. The Morgan fingerprint density at radius 3 is 2.43 bits per heavy atom. The molecule has 1 amide bonds. The van der Waals surface area contributed by atoms with E-state index >= 15 is 0 Å². The number of rotatable bonds is 10. The second kappa shape index (κ2) is 14.8. The van der Waals surface area contributed by atoms with Crippen molar-refractivity contribution in [1.29, 1.82) is 0 Å². The van der Waals surface area contributed by atoms with Gasteiger partial charge in [-0.1, -0.05) is 75.8 Å². The van der Waals surface area contributed by atoms with E-state index in [1.54, 1.807) is 0 Å². The second-order valence-electron chi connectivity index (χ2n) is 11.1. The first-order chi connectivity index (χ1) is 22.5. The summed E-state index contributed by atoms with van der Waals surface area (Å²) < 4.78 is 0.975. The van der Waals surface area contributed by atoms with E-state index in [4.69, 9.17) is 16.6 Å². The molecule has 0 unspecified atom stereocenters. The van der Waals surface area contributed by atoms with Gasteiger partial charge in [-0.15, -0.1) is 0 Å². The lowest BCUT2D eigenvalue weighted by Gasteiger charge is -2.11. The molecule has 0 aliphatic carbocycles. The van der Waals surface area contributed by atoms with Crippen LogP contribution >= 0.6 is 27.5 Å². The fraction of sp³-hybridized carbons (Fsp3) is 0.158. The van der Waals surface area contributed by atoms with Crippen LogP contribution in [0.3, 0.4) is 0 Å². The van der Waals surface area contributed by atoms with Gasteiger partial charge in [0.2, 0.25) is 0 Å². The summed E-state index contributed by atoms with van der Waals surface area (Å²) in [5.74, 6) is 6.30. The van der Waals surface area contributed by atoms with Crippen LogP contribution in [-0.4, -0.2) is 36.0 Å². The molecule has 6 aromatic rings. The molecule has 0 spiro atoms. The summed E-state index contributed by atoms with van der Waals surface area (Å²) in [5, 5.41) is 12.2. The van der Waals surface area contributed by atoms with Gasteiger partial charge in [0, 0.05) is 62.7 Å². The Bertz CT molecular complexity index is 2060. The highest BCUT2D eigenvalue weighted by Crippen LogP contribution is 2.32. The molecular weight excluding hydrogens is 658 g/mol. The lowest BCUT2D eigenvalue weighted by Crippen LogP contribution is -2.23. The van der Waals surface area contributed by atoms with Crippen molar-refractivity contribution < 1.29 is 4.79 Å². The molecule has 0 saturated carbocycles. The number of aromatic amines is 1. The quantitative estimate of drug-likeness (QED) is 0.0881. The zero-order chi connectivity index (χ0) is 31.9. The lowest BCUT2D eigenvalue weighted by molar-refractivity contribution is 0.0952. The molecule has 8 heteroatoms. The number of halogens is 2. The van der Waals surface area contributed by atoms with Crippen LogP contribution in [0.2, 0.25) is 5.02 Å². The molecule has 0 fully saturated rings. The molecular formula is C38H33BrClN5O. The summed E-state index contributed by atoms with van der Waals surface area (Å²) in [4.78, 5) is 22.1. The van der Waals surface area contributed by atoms with Crippen LogP contribution in [0.25, 0.3) is 33.1 Å². The SMILES string of the molecule is CNCc1ccc(CNC(=O)c2cc(-c3c[nH]c4ccc(Br)cc34)nc3ccc(C#CCNCCc4ccc(Cl)cc4)cc23)cc1. The van der Waals surface area contributed by atoms with Gasteiger partial charge in [0.15, 0.2) is 0 Å². The molecule has 2 aromatic heterocycles. The van der Waals surface area contributed by atoms with Crippen molar-refractivity contribution in [2.45, 2.75) is 19.5 Å². The fourth-order valence-corrected chi connectivity index (χ4v) is 5.86. The average molecular weight is 691 g/mol. The van der Waals surface area contributed by atoms with Crippen molar-refractivity contribution in [3.05, 3.63) is 135 Å². The summed E-state index contributed by atoms with van der Waals surface area (Å²) in [6.07, 6.45) is 2.84. The molecule has 0 radical (unpaired) electrons. The first-order valence-corrected chi connectivity index (χ1v) is 16.3. The number of fused-ring (bicyclic) bond motifs is 2. The van der Waals surface area contributed by atoms with Gasteiger partial charge in [0.05, 0.1) is 23.3 Å². The molecule has 4 aromatic carbocycles. The maximum atomic E-state index is 13.8. The standard InChI is InChI=1S/C38H33BrClN5O/c1-41-22-27-4-6-28(7-5-27)23-44-38(46)33-21-37(34-24-43-35-15-11-29(39)20-32(34)35)45-36-14-10-26(19-31(33)36)3-2-17-42-18-16-25-8-12-30(40)13-9-25/h4-15,19-21,24,41-43H,16-18,22-23H2,1H3,(H,44,46). The highest BCUT2D eigenvalue weighted by Gasteiger charge is 2.17. The van der Waals surface area contributed by atoms with Gasteiger partial charge >= 0.3 is 0 Å². The average Bonchev–Trinajstić information content (AvgIpc) is 3.49. The molecule has 230 valence electrons. The highest BCUT2D eigenvalue weighted by molar-refractivity contribution is 9.10. The number of carbonyl (C=O) groups is 1. The molecule has 2 heterocycles. The summed E-state index contributed by atoms with van der Waals surface area (Å²) in [7, 11) is 1.93. The molecule has 0 saturated heterocycles. The van der Waals surface area contributed by atoms with Crippen molar-refractivity contribution in [1.82, 2.24) is 25.9 Å². The Morgan fingerprint density at radius 2 is 1.65 bits per heavy atom. The lowest BCUT2D eigenvalue weighted by atomic mass is 10.0. The Labute approximate surface area is 282 Å². The normalized spacial score (nSPS) is 11.0. The monoisotopic (exact) mass is 689 g/mol. The van der Waals surface area contributed by atoms with Gasteiger partial charge in [-0.3, -0.25) is 4.79 Å². The number of hydrogen-bond acceptors (Lipinski definition) is 4. The second-order valence-corrected chi connectivity index (χ2v) is 12.4. The Hall–Kier alpha value is -4.45. The van der Waals surface area contributed by atoms with Crippen molar-refractivity contribution in [3.8, 4) is 23.1 Å². The maximum absolute atomic E-state index is 13.8. The molecule has 0 aliphatic rings. The van der Waals surface area contributed by atoms with E-state index in [9.17, 15) is 4.79 Å². The van der Waals surface area contributed by atoms with Crippen LogP contribution in [0.1, 0.15) is 32.6 Å². The summed E-state index contributed by atoms with van der Waals surface area (Å²) >= 11 is 9.57. The Morgan fingerprint density at radius 1 is 0.891 bits per heavy atom. The van der Waals surface area contributed by atoms with Crippen molar-refractivity contribution >= 4 is 55.2 Å². The van der Waals surface area contributed by atoms with Gasteiger partial charge < -0.3 is 20.9 Å². The van der Waals surface area contributed by atoms with E-state index in [0.717, 1.165) is 73.2 Å². The summed E-state index contributed by atoms with van der Waals surface area (Å²) in [6, 6.07) is 30.0. The van der Waals surface area contributed by atoms with E-state index in [1.165, 1.54) is 11.1 Å². The minimum absolute atomic E-state index is 0.164. The van der Waals surface area contributed by atoms with Crippen LogP contribution < -0.4 is 16.0 Å². The molecule has 6 nitrogen and oxygen atoms in total. The fourth-order valence-electron chi connectivity index (χ4n) is 5.37. The molecule has 0 atom stereocenters. The maximum Gasteiger partial charge on any atom is 0.252 e.